The molecule has 6 heteroatoms. The molecule has 1 unspecified atom stereocenters. The number of amides is 1. The summed E-state index contributed by atoms with van der Waals surface area (Å²) in [6.07, 6.45) is 3.69. The van der Waals surface area contributed by atoms with E-state index >= 15 is 0 Å². The van der Waals surface area contributed by atoms with Gasteiger partial charge in [-0.25, -0.2) is 9.97 Å². The molecule has 1 aliphatic rings. The van der Waals surface area contributed by atoms with E-state index in [1.54, 1.807) is 12.4 Å². The number of rotatable bonds is 3. The monoisotopic (exact) mass is 278 g/mol. The molecule has 110 valence electrons. The lowest BCUT2D eigenvalue weighted by Gasteiger charge is -2.23. The number of ether oxygens (including phenoxy) is 1. The van der Waals surface area contributed by atoms with Gasteiger partial charge in [0.2, 0.25) is 5.91 Å². The number of hydrogen-bond acceptors (Lipinski definition) is 5. The molecule has 1 aliphatic heterocycles. The summed E-state index contributed by atoms with van der Waals surface area (Å²) in [5.74, 6) is 0.706. The van der Waals surface area contributed by atoms with Crippen molar-refractivity contribution in [1.82, 2.24) is 15.3 Å². The summed E-state index contributed by atoms with van der Waals surface area (Å²) >= 11 is 0. The molecule has 1 atom stereocenters. The molecule has 2 N–H and O–H groups in total. The molecule has 6 nitrogen and oxygen atoms in total. The van der Waals surface area contributed by atoms with Crippen LogP contribution in [0.1, 0.15) is 33.0 Å². The molecule has 1 amide bonds. The van der Waals surface area contributed by atoms with Gasteiger partial charge in [0.1, 0.15) is 5.82 Å². The predicted octanol–water partition coefficient (Wildman–Crippen LogP) is 1.09. The lowest BCUT2D eigenvalue weighted by Crippen LogP contribution is -2.43. The van der Waals surface area contributed by atoms with Crippen molar-refractivity contribution in [3.05, 3.63) is 18.2 Å². The lowest BCUT2D eigenvalue weighted by atomic mass is 9.96. The standard InChI is InChI=1S/C14H22N4O2/c1-14(2,3)13-16-7-11(8-17-13)18-12(19)6-10-9-20-5-4-15-10/h7-8,10,15H,4-6,9H2,1-3H3,(H,18,19). The molecule has 0 radical (unpaired) electrons. The van der Waals surface area contributed by atoms with Gasteiger partial charge in [-0.15, -0.1) is 0 Å². The molecule has 0 spiro atoms. The van der Waals surface area contributed by atoms with Crippen LogP contribution in [0.3, 0.4) is 0 Å². The van der Waals surface area contributed by atoms with Crippen LogP contribution in [0.15, 0.2) is 12.4 Å². The van der Waals surface area contributed by atoms with Crippen LogP contribution in [-0.4, -0.2) is 41.7 Å². The van der Waals surface area contributed by atoms with Gasteiger partial charge in [0.15, 0.2) is 0 Å². The van der Waals surface area contributed by atoms with Crippen molar-refractivity contribution in [3.8, 4) is 0 Å². The molecule has 0 aromatic carbocycles. The summed E-state index contributed by atoms with van der Waals surface area (Å²) in [6.45, 7) is 8.23. The Kier molecular flexibility index (Phi) is 4.67. The maximum Gasteiger partial charge on any atom is 0.226 e. The van der Waals surface area contributed by atoms with Crippen LogP contribution in [0.2, 0.25) is 0 Å². The molecule has 1 aromatic heterocycles. The van der Waals surface area contributed by atoms with Crippen LogP contribution in [-0.2, 0) is 14.9 Å². The molecule has 1 saturated heterocycles. The third kappa shape index (κ3) is 4.25. The van der Waals surface area contributed by atoms with Crippen molar-refractivity contribution in [3.63, 3.8) is 0 Å². The van der Waals surface area contributed by atoms with Crippen LogP contribution >= 0.6 is 0 Å². The summed E-state index contributed by atoms with van der Waals surface area (Å²) < 4.78 is 5.32. The van der Waals surface area contributed by atoms with Gasteiger partial charge in [-0.1, -0.05) is 20.8 Å². The molecule has 1 aromatic rings. The molecule has 20 heavy (non-hydrogen) atoms. The second-order valence-corrected chi connectivity index (χ2v) is 6.02. The minimum absolute atomic E-state index is 0.0555. The Morgan fingerprint density at radius 2 is 2.15 bits per heavy atom. The molecular formula is C14H22N4O2. The van der Waals surface area contributed by atoms with E-state index in [0.717, 1.165) is 12.4 Å². The number of carbonyl (C=O) groups is 1. The molecule has 0 aliphatic carbocycles. The fourth-order valence-electron chi connectivity index (χ4n) is 1.97. The highest BCUT2D eigenvalue weighted by Gasteiger charge is 2.18. The van der Waals surface area contributed by atoms with Gasteiger partial charge in [-0.05, 0) is 0 Å². The Balaban J connectivity index is 1.87. The third-order valence-electron chi connectivity index (χ3n) is 3.04. The van der Waals surface area contributed by atoms with Gasteiger partial charge < -0.3 is 15.4 Å². The van der Waals surface area contributed by atoms with Crippen LogP contribution in [0.25, 0.3) is 0 Å². The predicted molar refractivity (Wildman–Crippen MR) is 76.6 cm³/mol. The van der Waals surface area contributed by atoms with Gasteiger partial charge in [-0.2, -0.15) is 0 Å². The fraction of sp³-hybridized carbons (Fsp3) is 0.643. The summed E-state index contributed by atoms with van der Waals surface area (Å²) in [4.78, 5) is 20.5. The zero-order valence-electron chi connectivity index (χ0n) is 12.3. The van der Waals surface area contributed by atoms with Crippen LogP contribution in [0.5, 0.6) is 0 Å². The number of carbonyl (C=O) groups excluding carboxylic acids is 1. The number of morpholine rings is 1. The van der Waals surface area contributed by atoms with Crippen molar-refractivity contribution in [2.75, 3.05) is 25.1 Å². The number of nitrogens with zero attached hydrogens (tertiary/aromatic N) is 2. The Bertz CT molecular complexity index is 447. The normalized spacial score (nSPS) is 19.6. The van der Waals surface area contributed by atoms with Crippen molar-refractivity contribution in [2.45, 2.75) is 38.6 Å². The second kappa shape index (κ2) is 6.28. The lowest BCUT2D eigenvalue weighted by molar-refractivity contribution is -0.117. The summed E-state index contributed by atoms with van der Waals surface area (Å²) in [5, 5.41) is 6.06. The van der Waals surface area contributed by atoms with Gasteiger partial charge in [0.25, 0.3) is 0 Å². The van der Waals surface area contributed by atoms with E-state index in [1.165, 1.54) is 0 Å². The average molecular weight is 278 g/mol. The minimum Gasteiger partial charge on any atom is -0.378 e. The maximum absolute atomic E-state index is 11.9. The molecule has 0 saturated carbocycles. The first-order chi connectivity index (χ1) is 9.45. The zero-order valence-corrected chi connectivity index (χ0v) is 12.3. The first-order valence-corrected chi connectivity index (χ1v) is 6.88. The Morgan fingerprint density at radius 3 is 2.70 bits per heavy atom. The highest BCUT2D eigenvalue weighted by atomic mass is 16.5. The van der Waals surface area contributed by atoms with Crippen LogP contribution in [0, 0.1) is 0 Å². The molecule has 2 rings (SSSR count). The van der Waals surface area contributed by atoms with Gasteiger partial charge in [0.05, 0.1) is 31.3 Å². The van der Waals surface area contributed by atoms with E-state index in [9.17, 15) is 4.79 Å². The minimum atomic E-state index is -0.0914. The van der Waals surface area contributed by atoms with Crippen molar-refractivity contribution < 1.29 is 9.53 Å². The van der Waals surface area contributed by atoms with E-state index in [0.29, 0.717) is 25.3 Å². The molecule has 1 fully saturated rings. The van der Waals surface area contributed by atoms with Crippen LogP contribution < -0.4 is 10.6 Å². The van der Waals surface area contributed by atoms with E-state index in [2.05, 4.69) is 41.4 Å². The van der Waals surface area contributed by atoms with Gasteiger partial charge in [0, 0.05) is 24.4 Å². The smallest absolute Gasteiger partial charge is 0.226 e. The summed E-state index contributed by atoms with van der Waals surface area (Å²) in [6, 6.07) is 0.0820. The van der Waals surface area contributed by atoms with E-state index in [4.69, 9.17) is 4.74 Å². The van der Waals surface area contributed by atoms with Crippen molar-refractivity contribution in [2.24, 2.45) is 0 Å². The largest absolute Gasteiger partial charge is 0.378 e. The number of nitrogens with one attached hydrogen (secondary N) is 2. The van der Waals surface area contributed by atoms with E-state index in [1.807, 2.05) is 0 Å². The topological polar surface area (TPSA) is 76.1 Å². The number of hydrogen-bond donors (Lipinski definition) is 2. The van der Waals surface area contributed by atoms with Gasteiger partial charge in [-0.3, -0.25) is 4.79 Å². The SMILES string of the molecule is CC(C)(C)c1ncc(NC(=O)CC2COCCN2)cn1. The van der Waals surface area contributed by atoms with Crippen molar-refractivity contribution >= 4 is 11.6 Å². The quantitative estimate of drug-likeness (QED) is 0.865. The maximum atomic E-state index is 11.9. The molecule has 0 bridgehead atoms. The summed E-state index contributed by atoms with van der Waals surface area (Å²) in [5.41, 5.74) is 0.533. The number of anilines is 1. The highest BCUT2D eigenvalue weighted by Crippen LogP contribution is 2.18. The number of aromatic nitrogens is 2. The van der Waals surface area contributed by atoms with Gasteiger partial charge >= 0.3 is 0 Å². The first kappa shape index (κ1) is 14.9. The van der Waals surface area contributed by atoms with E-state index < -0.39 is 0 Å². The molecular weight excluding hydrogens is 256 g/mol. The van der Waals surface area contributed by atoms with E-state index in [-0.39, 0.29) is 17.4 Å². The second-order valence-electron chi connectivity index (χ2n) is 6.02. The Hall–Kier alpha value is -1.53. The average Bonchev–Trinajstić information content (AvgIpc) is 2.39. The highest BCUT2D eigenvalue weighted by molar-refractivity contribution is 5.90. The van der Waals surface area contributed by atoms with Crippen LogP contribution in [0.4, 0.5) is 5.69 Å². The first-order valence-electron chi connectivity index (χ1n) is 6.88. The van der Waals surface area contributed by atoms with Crippen molar-refractivity contribution in [1.29, 1.82) is 0 Å². The summed E-state index contributed by atoms with van der Waals surface area (Å²) in [7, 11) is 0. The zero-order chi connectivity index (χ0) is 14.6. The third-order valence-corrected chi connectivity index (χ3v) is 3.04. The Labute approximate surface area is 119 Å². The Morgan fingerprint density at radius 1 is 1.45 bits per heavy atom. The molecule has 2 heterocycles. The fourth-order valence-corrected chi connectivity index (χ4v) is 1.97.